The van der Waals surface area contributed by atoms with Crippen LogP contribution in [0.1, 0.15) is 54.1 Å². The number of anilines is 2. The van der Waals surface area contributed by atoms with Crippen molar-refractivity contribution in [1.29, 1.82) is 0 Å². The standard InChI is InChI=1S/C21H24N2O3/c1-9-10(2)12(4)16-15(11(9)3)20(24)17-13(22-5)8-14(26-7)19(23-6)18(17)21(16)25/h8,22-23H,1-7H3. The second-order valence-electron chi connectivity index (χ2n) is 6.66. The zero-order valence-corrected chi connectivity index (χ0v) is 16.3. The molecule has 0 saturated heterocycles. The van der Waals surface area contributed by atoms with Gasteiger partial charge >= 0.3 is 0 Å². The molecule has 5 nitrogen and oxygen atoms in total. The van der Waals surface area contributed by atoms with Gasteiger partial charge in [-0.15, -0.1) is 0 Å². The number of benzene rings is 2. The Hall–Kier alpha value is -2.82. The molecule has 1 aliphatic rings. The van der Waals surface area contributed by atoms with Crippen molar-refractivity contribution in [2.75, 3.05) is 31.8 Å². The third-order valence-electron chi connectivity index (χ3n) is 5.63. The van der Waals surface area contributed by atoms with Crippen molar-refractivity contribution in [3.8, 4) is 5.75 Å². The number of hydrogen-bond acceptors (Lipinski definition) is 5. The molecule has 0 atom stereocenters. The van der Waals surface area contributed by atoms with Crippen LogP contribution in [0.5, 0.6) is 5.75 Å². The predicted molar refractivity (Wildman–Crippen MR) is 104 cm³/mol. The van der Waals surface area contributed by atoms with Crippen LogP contribution in [0.3, 0.4) is 0 Å². The number of hydrogen-bond donors (Lipinski definition) is 2. The van der Waals surface area contributed by atoms with Gasteiger partial charge in [0, 0.05) is 37.0 Å². The van der Waals surface area contributed by atoms with Crippen molar-refractivity contribution in [3.63, 3.8) is 0 Å². The molecule has 0 aliphatic heterocycles. The fourth-order valence-electron chi connectivity index (χ4n) is 3.86. The Kier molecular flexibility index (Phi) is 4.26. The molecule has 2 aromatic rings. The van der Waals surface area contributed by atoms with Gasteiger partial charge in [0.2, 0.25) is 0 Å². The lowest BCUT2D eigenvalue weighted by Gasteiger charge is -2.28. The molecule has 2 N–H and O–H groups in total. The Morgan fingerprint density at radius 3 is 1.65 bits per heavy atom. The van der Waals surface area contributed by atoms with Crippen molar-refractivity contribution < 1.29 is 14.3 Å². The highest BCUT2D eigenvalue weighted by atomic mass is 16.5. The summed E-state index contributed by atoms with van der Waals surface area (Å²) < 4.78 is 5.45. The van der Waals surface area contributed by atoms with E-state index in [0.29, 0.717) is 39.4 Å². The van der Waals surface area contributed by atoms with E-state index < -0.39 is 0 Å². The highest BCUT2D eigenvalue weighted by Gasteiger charge is 2.38. The lowest BCUT2D eigenvalue weighted by molar-refractivity contribution is 0.0978. The summed E-state index contributed by atoms with van der Waals surface area (Å²) in [5.74, 6) is 0.262. The van der Waals surface area contributed by atoms with Crippen molar-refractivity contribution in [1.82, 2.24) is 0 Å². The van der Waals surface area contributed by atoms with E-state index in [-0.39, 0.29) is 11.6 Å². The van der Waals surface area contributed by atoms with Gasteiger partial charge in [-0.2, -0.15) is 0 Å². The molecule has 0 saturated carbocycles. The summed E-state index contributed by atoms with van der Waals surface area (Å²) >= 11 is 0. The minimum absolute atomic E-state index is 0.123. The number of methoxy groups -OCH3 is 1. The number of ketones is 2. The summed E-state index contributed by atoms with van der Waals surface area (Å²) in [5, 5.41) is 6.08. The highest BCUT2D eigenvalue weighted by Crippen LogP contribution is 2.44. The molecule has 1 aliphatic carbocycles. The summed E-state index contributed by atoms with van der Waals surface area (Å²) in [5.41, 5.74) is 6.78. The monoisotopic (exact) mass is 352 g/mol. The summed E-state index contributed by atoms with van der Waals surface area (Å²) in [6.45, 7) is 7.82. The molecule has 0 aromatic heterocycles. The van der Waals surface area contributed by atoms with Gasteiger partial charge in [-0.05, 0) is 49.9 Å². The van der Waals surface area contributed by atoms with Crippen molar-refractivity contribution in [3.05, 3.63) is 50.6 Å². The van der Waals surface area contributed by atoms with Crippen LogP contribution >= 0.6 is 0 Å². The number of fused-ring (bicyclic) bond motifs is 2. The maximum atomic E-state index is 13.5. The molecule has 26 heavy (non-hydrogen) atoms. The van der Waals surface area contributed by atoms with Gasteiger partial charge in [0.1, 0.15) is 5.75 Å². The van der Waals surface area contributed by atoms with Crippen LogP contribution in [0.15, 0.2) is 6.07 Å². The normalized spacial score (nSPS) is 12.6. The highest BCUT2D eigenvalue weighted by molar-refractivity contribution is 6.33. The Morgan fingerprint density at radius 2 is 1.23 bits per heavy atom. The van der Waals surface area contributed by atoms with Crippen LogP contribution in [-0.4, -0.2) is 32.8 Å². The van der Waals surface area contributed by atoms with Gasteiger partial charge in [0.25, 0.3) is 0 Å². The molecule has 3 rings (SSSR count). The average Bonchev–Trinajstić information content (AvgIpc) is 2.65. The SMILES string of the molecule is CNc1cc(OC)c(NC)c2c1C(=O)c1c(C)c(C)c(C)c(C)c1C2=O. The Labute approximate surface area is 153 Å². The molecule has 0 bridgehead atoms. The van der Waals surface area contributed by atoms with Crippen LogP contribution in [0.4, 0.5) is 11.4 Å². The first-order valence-corrected chi connectivity index (χ1v) is 8.60. The largest absolute Gasteiger partial charge is 0.494 e. The molecule has 0 fully saturated rings. The fraction of sp³-hybridized carbons (Fsp3) is 0.333. The molecular formula is C21H24N2O3. The second-order valence-corrected chi connectivity index (χ2v) is 6.66. The molecule has 0 amide bonds. The van der Waals surface area contributed by atoms with Gasteiger partial charge in [0.15, 0.2) is 11.6 Å². The summed E-state index contributed by atoms with van der Waals surface area (Å²) in [6, 6.07) is 1.75. The predicted octanol–water partition coefficient (Wildman–Crippen LogP) is 3.79. The summed E-state index contributed by atoms with van der Waals surface area (Å²) in [7, 11) is 5.01. The minimum atomic E-state index is -0.141. The van der Waals surface area contributed by atoms with E-state index in [1.807, 2.05) is 27.7 Å². The van der Waals surface area contributed by atoms with Gasteiger partial charge in [-0.3, -0.25) is 9.59 Å². The van der Waals surface area contributed by atoms with Crippen molar-refractivity contribution >= 4 is 22.9 Å². The molecule has 5 heteroatoms. The quantitative estimate of drug-likeness (QED) is 0.751. The number of carbonyl (C=O) groups excluding carboxylic acids is 2. The van der Waals surface area contributed by atoms with Gasteiger partial charge in [-0.1, -0.05) is 0 Å². The Morgan fingerprint density at radius 1 is 0.731 bits per heavy atom. The van der Waals surface area contributed by atoms with E-state index >= 15 is 0 Å². The maximum Gasteiger partial charge on any atom is 0.197 e. The van der Waals surface area contributed by atoms with Crippen LogP contribution in [0, 0.1) is 27.7 Å². The van der Waals surface area contributed by atoms with Crippen LogP contribution in [0.25, 0.3) is 0 Å². The molecule has 2 aromatic carbocycles. The molecule has 136 valence electrons. The van der Waals surface area contributed by atoms with E-state index in [0.717, 1.165) is 22.3 Å². The Bertz CT molecular complexity index is 974. The van der Waals surface area contributed by atoms with E-state index in [9.17, 15) is 9.59 Å². The molecule has 0 radical (unpaired) electrons. The topological polar surface area (TPSA) is 67.4 Å². The van der Waals surface area contributed by atoms with E-state index in [2.05, 4.69) is 10.6 Å². The zero-order valence-electron chi connectivity index (χ0n) is 16.3. The average molecular weight is 352 g/mol. The molecule has 0 spiro atoms. The lowest BCUT2D eigenvalue weighted by atomic mass is 9.76. The zero-order chi connectivity index (χ0) is 19.3. The second kappa shape index (κ2) is 6.16. The van der Waals surface area contributed by atoms with Crippen LogP contribution in [0.2, 0.25) is 0 Å². The first kappa shape index (κ1) is 18.0. The number of rotatable bonds is 3. The van der Waals surface area contributed by atoms with Crippen molar-refractivity contribution in [2.24, 2.45) is 0 Å². The summed E-state index contributed by atoms with van der Waals surface area (Å²) in [6.07, 6.45) is 0. The minimum Gasteiger partial charge on any atom is -0.494 e. The number of nitrogens with one attached hydrogen (secondary N) is 2. The van der Waals surface area contributed by atoms with Gasteiger partial charge < -0.3 is 15.4 Å². The van der Waals surface area contributed by atoms with E-state index in [1.54, 1.807) is 27.3 Å². The van der Waals surface area contributed by atoms with Gasteiger partial charge in [0.05, 0.1) is 23.9 Å². The van der Waals surface area contributed by atoms with E-state index in [4.69, 9.17) is 4.74 Å². The maximum absolute atomic E-state index is 13.5. The van der Waals surface area contributed by atoms with Gasteiger partial charge in [-0.25, -0.2) is 0 Å². The number of ether oxygens (including phenoxy) is 1. The first-order chi connectivity index (χ1) is 12.3. The van der Waals surface area contributed by atoms with Crippen LogP contribution in [-0.2, 0) is 0 Å². The third-order valence-corrected chi connectivity index (χ3v) is 5.63. The molecule has 0 unspecified atom stereocenters. The molecular weight excluding hydrogens is 328 g/mol. The van der Waals surface area contributed by atoms with E-state index in [1.165, 1.54) is 0 Å². The molecule has 0 heterocycles. The fourth-order valence-corrected chi connectivity index (χ4v) is 3.86. The number of carbonyl (C=O) groups is 2. The summed E-state index contributed by atoms with van der Waals surface area (Å²) in [4.78, 5) is 27.0. The first-order valence-electron chi connectivity index (χ1n) is 8.60. The van der Waals surface area contributed by atoms with Crippen molar-refractivity contribution in [2.45, 2.75) is 27.7 Å². The van der Waals surface area contributed by atoms with Crippen LogP contribution < -0.4 is 15.4 Å². The third kappa shape index (κ3) is 2.16. The smallest absolute Gasteiger partial charge is 0.197 e. The Balaban J connectivity index is 2.50. The lowest BCUT2D eigenvalue weighted by Crippen LogP contribution is -2.27.